The third-order valence-corrected chi connectivity index (χ3v) is 1.20. The Morgan fingerprint density at radius 3 is 1.85 bits per heavy atom. The average molecular weight is 183 g/mol. The van der Waals surface area contributed by atoms with Crippen LogP contribution in [-0.2, 0) is 14.4 Å². The number of likely N-dealkylation sites (N-methyl/N-ethyl adjacent to an activating group) is 1. The van der Waals surface area contributed by atoms with Crippen LogP contribution in [0.4, 0.5) is 0 Å². The van der Waals surface area contributed by atoms with Crippen LogP contribution in [-0.4, -0.2) is 34.8 Å². The molecule has 0 saturated carbocycles. The van der Waals surface area contributed by atoms with Crippen LogP contribution < -0.4 is 0 Å². The van der Waals surface area contributed by atoms with Crippen molar-refractivity contribution in [3.8, 4) is 0 Å². The van der Waals surface area contributed by atoms with Gasteiger partial charge in [0.2, 0.25) is 0 Å². The lowest BCUT2D eigenvalue weighted by Gasteiger charge is -2.01. The van der Waals surface area contributed by atoms with E-state index in [0.717, 1.165) is 11.0 Å². The van der Waals surface area contributed by atoms with E-state index < -0.39 is 5.97 Å². The lowest BCUT2D eigenvalue weighted by Crippen LogP contribution is -2.24. The zero-order valence-corrected chi connectivity index (χ0v) is 7.06. The van der Waals surface area contributed by atoms with Crippen LogP contribution in [0.25, 0.3) is 0 Å². The van der Waals surface area contributed by atoms with E-state index in [1.807, 2.05) is 0 Å². The highest BCUT2D eigenvalue weighted by Gasteiger charge is 2.17. The molecule has 0 unspecified atom stereocenters. The van der Waals surface area contributed by atoms with Gasteiger partial charge >= 0.3 is 5.97 Å². The molecule has 1 heterocycles. The van der Waals surface area contributed by atoms with E-state index in [1.54, 1.807) is 0 Å². The SMILES string of the molecule is C=CC(=O)O.CN1C(=O)C=CC1=O. The summed E-state index contributed by atoms with van der Waals surface area (Å²) in [7, 11) is 1.45. The van der Waals surface area contributed by atoms with Gasteiger partial charge < -0.3 is 5.11 Å². The summed E-state index contributed by atoms with van der Waals surface area (Å²) >= 11 is 0. The third-order valence-electron chi connectivity index (χ3n) is 1.20. The number of carboxylic acid groups (broad SMARTS) is 1. The zero-order chi connectivity index (χ0) is 10.4. The number of nitrogens with zero attached hydrogens (tertiary/aromatic N) is 1. The predicted molar refractivity (Wildman–Crippen MR) is 44.7 cm³/mol. The highest BCUT2D eigenvalue weighted by molar-refractivity contribution is 6.12. The van der Waals surface area contributed by atoms with Gasteiger partial charge in [0.15, 0.2) is 0 Å². The lowest BCUT2D eigenvalue weighted by atomic mass is 10.6. The standard InChI is InChI=1S/C5H5NO2.C3H4O2/c1-6-4(7)2-3-5(6)8;1-2-3(4)5/h2-3H,1H3;2H,1H2,(H,4,5). The lowest BCUT2D eigenvalue weighted by molar-refractivity contribution is -0.135. The van der Waals surface area contributed by atoms with Crippen LogP contribution in [0.15, 0.2) is 24.8 Å². The van der Waals surface area contributed by atoms with Gasteiger partial charge in [-0.1, -0.05) is 6.58 Å². The van der Waals surface area contributed by atoms with E-state index >= 15 is 0 Å². The smallest absolute Gasteiger partial charge is 0.327 e. The van der Waals surface area contributed by atoms with E-state index in [0.29, 0.717) is 0 Å². The summed E-state index contributed by atoms with van der Waals surface area (Å²) < 4.78 is 0. The Morgan fingerprint density at radius 2 is 1.77 bits per heavy atom. The molecule has 1 N–H and O–H groups in total. The molecule has 2 amide bonds. The molecule has 0 fully saturated rings. The van der Waals surface area contributed by atoms with Gasteiger partial charge in [0, 0.05) is 25.3 Å². The quantitative estimate of drug-likeness (QED) is 0.451. The molecule has 0 spiro atoms. The first-order valence-electron chi connectivity index (χ1n) is 3.34. The van der Waals surface area contributed by atoms with Crippen molar-refractivity contribution < 1.29 is 19.5 Å². The maximum Gasteiger partial charge on any atom is 0.327 e. The summed E-state index contributed by atoms with van der Waals surface area (Å²) in [6.45, 7) is 2.96. The minimum absolute atomic E-state index is 0.241. The molecule has 5 nitrogen and oxygen atoms in total. The van der Waals surface area contributed by atoms with Gasteiger partial charge in [-0.2, -0.15) is 0 Å². The monoisotopic (exact) mass is 183 g/mol. The predicted octanol–water partition coefficient (Wildman–Crippen LogP) is -0.202. The summed E-state index contributed by atoms with van der Waals surface area (Å²) in [6.07, 6.45) is 3.34. The second-order valence-corrected chi connectivity index (χ2v) is 2.11. The fourth-order valence-electron chi connectivity index (χ4n) is 0.475. The maximum absolute atomic E-state index is 10.4. The number of carbonyl (C=O) groups excluding carboxylic acids is 2. The van der Waals surface area contributed by atoms with Crippen molar-refractivity contribution in [1.29, 1.82) is 0 Å². The Morgan fingerprint density at radius 1 is 1.46 bits per heavy atom. The molecule has 0 atom stereocenters. The number of rotatable bonds is 1. The number of hydrogen-bond donors (Lipinski definition) is 1. The molecule has 70 valence electrons. The Hall–Kier alpha value is -1.91. The first-order valence-corrected chi connectivity index (χ1v) is 3.34. The second kappa shape index (κ2) is 4.87. The Balaban J connectivity index is 0.000000252. The molecule has 0 aromatic carbocycles. The van der Waals surface area contributed by atoms with Gasteiger partial charge in [0.25, 0.3) is 11.8 Å². The van der Waals surface area contributed by atoms with Crippen molar-refractivity contribution in [3.63, 3.8) is 0 Å². The fourth-order valence-corrected chi connectivity index (χ4v) is 0.475. The first-order chi connectivity index (χ1) is 5.99. The molecular weight excluding hydrogens is 174 g/mol. The third kappa shape index (κ3) is 3.85. The number of imide groups is 1. The number of carboxylic acids is 1. The molecule has 1 aliphatic rings. The molecule has 0 aliphatic carbocycles. The molecule has 13 heavy (non-hydrogen) atoms. The van der Waals surface area contributed by atoms with Crippen LogP contribution in [0, 0.1) is 0 Å². The number of carbonyl (C=O) groups is 3. The van der Waals surface area contributed by atoms with Gasteiger partial charge in [-0.15, -0.1) is 0 Å². The van der Waals surface area contributed by atoms with E-state index in [2.05, 4.69) is 6.58 Å². The molecular formula is C8H9NO4. The van der Waals surface area contributed by atoms with Crippen molar-refractivity contribution in [2.24, 2.45) is 0 Å². The molecule has 1 rings (SSSR count). The zero-order valence-electron chi connectivity index (χ0n) is 7.06. The molecule has 0 aromatic rings. The van der Waals surface area contributed by atoms with E-state index in [-0.39, 0.29) is 11.8 Å². The first kappa shape index (κ1) is 11.1. The summed E-state index contributed by atoms with van der Waals surface area (Å²) in [6, 6.07) is 0. The van der Waals surface area contributed by atoms with Crippen LogP contribution in [0.5, 0.6) is 0 Å². The second-order valence-electron chi connectivity index (χ2n) is 2.11. The van der Waals surface area contributed by atoms with Crippen molar-refractivity contribution in [2.45, 2.75) is 0 Å². The average Bonchev–Trinajstić information content (AvgIpc) is 2.37. The topological polar surface area (TPSA) is 74.7 Å². The normalized spacial score (nSPS) is 13.8. The van der Waals surface area contributed by atoms with Crippen LogP contribution >= 0.6 is 0 Å². The highest BCUT2D eigenvalue weighted by Crippen LogP contribution is 1.97. The van der Waals surface area contributed by atoms with Gasteiger partial charge in [-0.25, -0.2) is 4.79 Å². The van der Waals surface area contributed by atoms with Crippen LogP contribution in [0.3, 0.4) is 0 Å². The van der Waals surface area contributed by atoms with Crippen molar-refractivity contribution in [3.05, 3.63) is 24.8 Å². The van der Waals surface area contributed by atoms with Crippen molar-refractivity contribution >= 4 is 17.8 Å². The molecule has 0 aromatic heterocycles. The van der Waals surface area contributed by atoms with E-state index in [9.17, 15) is 14.4 Å². The van der Waals surface area contributed by atoms with Gasteiger partial charge in [0.05, 0.1) is 0 Å². The van der Waals surface area contributed by atoms with Gasteiger partial charge in [0.1, 0.15) is 0 Å². The summed E-state index contributed by atoms with van der Waals surface area (Å²) in [5.74, 6) is -1.46. The molecule has 1 aliphatic heterocycles. The fraction of sp³-hybridized carbons (Fsp3) is 0.125. The number of hydrogen-bond acceptors (Lipinski definition) is 3. The largest absolute Gasteiger partial charge is 0.478 e. The molecule has 0 bridgehead atoms. The van der Waals surface area contributed by atoms with Crippen molar-refractivity contribution in [1.82, 2.24) is 4.90 Å². The van der Waals surface area contributed by atoms with E-state index in [1.165, 1.54) is 19.2 Å². The minimum atomic E-state index is -0.981. The minimum Gasteiger partial charge on any atom is -0.478 e. The van der Waals surface area contributed by atoms with Crippen molar-refractivity contribution in [2.75, 3.05) is 7.05 Å². The van der Waals surface area contributed by atoms with Crippen LogP contribution in [0.2, 0.25) is 0 Å². The molecule has 0 radical (unpaired) electrons. The van der Waals surface area contributed by atoms with Gasteiger partial charge in [-0.3, -0.25) is 14.5 Å². The Kier molecular flexibility index (Phi) is 4.15. The Labute approximate surface area is 75.0 Å². The summed E-state index contributed by atoms with van der Waals surface area (Å²) in [5, 5.41) is 7.60. The van der Waals surface area contributed by atoms with E-state index in [4.69, 9.17) is 5.11 Å². The highest BCUT2D eigenvalue weighted by atomic mass is 16.4. The van der Waals surface area contributed by atoms with Gasteiger partial charge in [-0.05, 0) is 0 Å². The summed E-state index contributed by atoms with van der Waals surface area (Å²) in [4.78, 5) is 31.1. The summed E-state index contributed by atoms with van der Waals surface area (Å²) in [5.41, 5.74) is 0. The number of aliphatic carboxylic acids is 1. The maximum atomic E-state index is 10.4. The number of amides is 2. The van der Waals surface area contributed by atoms with Crippen LogP contribution in [0.1, 0.15) is 0 Å². The molecule has 5 heteroatoms. The Bertz CT molecular complexity index is 262. The molecule has 0 saturated heterocycles.